The van der Waals surface area contributed by atoms with E-state index in [1.807, 2.05) is 63.2 Å². The van der Waals surface area contributed by atoms with Gasteiger partial charge >= 0.3 is 6.03 Å². The molecule has 1 fully saturated rings. The average molecular weight is 528 g/mol. The number of hydrogen-bond donors (Lipinski definition) is 3. The minimum absolute atomic E-state index is 0.0610. The summed E-state index contributed by atoms with van der Waals surface area (Å²) in [5.74, 6) is 1.66. The Morgan fingerprint density at radius 3 is 2.23 bits per heavy atom. The van der Waals surface area contributed by atoms with Crippen molar-refractivity contribution in [2.24, 2.45) is 5.92 Å². The van der Waals surface area contributed by atoms with Crippen molar-refractivity contribution in [1.82, 2.24) is 5.32 Å². The topological polar surface area (TPSA) is 88.7 Å². The zero-order chi connectivity index (χ0) is 27.5. The smallest absolute Gasteiger partial charge is 0.323 e. The van der Waals surface area contributed by atoms with Gasteiger partial charge in [0.15, 0.2) is 11.5 Å². The van der Waals surface area contributed by atoms with Gasteiger partial charge in [0.1, 0.15) is 0 Å². The maximum atomic E-state index is 13.5. The van der Waals surface area contributed by atoms with E-state index in [2.05, 4.69) is 22.9 Å². The third-order valence-corrected chi connectivity index (χ3v) is 7.85. The molecule has 3 amide bonds. The van der Waals surface area contributed by atoms with Crippen LogP contribution in [0.25, 0.3) is 11.1 Å². The number of hydrogen-bond acceptors (Lipinski definition) is 4. The van der Waals surface area contributed by atoms with Crippen LogP contribution in [0.3, 0.4) is 0 Å². The number of carbonyl (C=O) groups is 2. The van der Waals surface area contributed by atoms with Crippen LogP contribution in [0.15, 0.2) is 48.5 Å². The van der Waals surface area contributed by atoms with Crippen LogP contribution < -0.4 is 25.4 Å². The second-order valence-corrected chi connectivity index (χ2v) is 10.8. The molecule has 0 spiro atoms. The van der Waals surface area contributed by atoms with Crippen LogP contribution in [0.5, 0.6) is 11.5 Å². The van der Waals surface area contributed by atoms with E-state index in [1.165, 1.54) is 19.3 Å². The molecule has 3 N–H and O–H groups in total. The zero-order valence-electron chi connectivity index (χ0n) is 23.1. The lowest BCUT2D eigenvalue weighted by atomic mass is 9.84. The first-order valence-corrected chi connectivity index (χ1v) is 13.8. The number of aryl methyl sites for hydroxylation is 3. The summed E-state index contributed by atoms with van der Waals surface area (Å²) in [5, 5.41) is 9.14. The highest BCUT2D eigenvalue weighted by atomic mass is 16.7. The maximum Gasteiger partial charge on any atom is 0.323 e. The Bertz CT molecular complexity index is 1370. The molecule has 0 radical (unpaired) electrons. The van der Waals surface area contributed by atoms with Gasteiger partial charge in [-0.3, -0.25) is 4.79 Å². The molecule has 1 unspecified atom stereocenters. The van der Waals surface area contributed by atoms with E-state index in [1.54, 1.807) is 6.07 Å². The predicted octanol–water partition coefficient (Wildman–Crippen LogP) is 7.35. The number of amides is 3. The van der Waals surface area contributed by atoms with Crippen molar-refractivity contribution < 1.29 is 19.1 Å². The van der Waals surface area contributed by atoms with Crippen molar-refractivity contribution in [2.45, 2.75) is 65.8 Å². The van der Waals surface area contributed by atoms with Gasteiger partial charge in [-0.1, -0.05) is 49.1 Å². The number of ether oxygens (including phenoxy) is 2. The Labute approximate surface area is 230 Å². The van der Waals surface area contributed by atoms with E-state index in [0.29, 0.717) is 28.7 Å². The molecule has 7 nitrogen and oxygen atoms in total. The first kappa shape index (κ1) is 26.6. The van der Waals surface area contributed by atoms with E-state index < -0.39 is 6.03 Å². The van der Waals surface area contributed by atoms with Gasteiger partial charge in [-0.25, -0.2) is 4.79 Å². The van der Waals surface area contributed by atoms with E-state index in [0.717, 1.165) is 46.3 Å². The van der Waals surface area contributed by atoms with Crippen LogP contribution in [0, 0.1) is 26.7 Å². The molecule has 204 valence electrons. The molecule has 3 aromatic rings. The molecule has 1 atom stereocenters. The van der Waals surface area contributed by atoms with Crippen LogP contribution in [0.1, 0.15) is 66.1 Å². The molecule has 7 heteroatoms. The molecule has 0 saturated heterocycles. The van der Waals surface area contributed by atoms with E-state index in [4.69, 9.17) is 9.47 Å². The van der Waals surface area contributed by atoms with Crippen molar-refractivity contribution in [2.75, 3.05) is 17.4 Å². The fraction of sp³-hybridized carbons (Fsp3) is 0.375. The summed E-state index contributed by atoms with van der Waals surface area (Å²) < 4.78 is 11.0. The molecular formula is C32H37N3O4. The van der Waals surface area contributed by atoms with Gasteiger partial charge in [0.05, 0.1) is 11.3 Å². The third-order valence-electron chi connectivity index (χ3n) is 7.85. The van der Waals surface area contributed by atoms with Gasteiger partial charge in [-0.15, -0.1) is 0 Å². The number of anilines is 2. The summed E-state index contributed by atoms with van der Waals surface area (Å²) >= 11 is 0. The summed E-state index contributed by atoms with van der Waals surface area (Å²) in [6.07, 6.45) is 5.95. The van der Waals surface area contributed by atoms with Gasteiger partial charge < -0.3 is 25.4 Å². The molecule has 2 aliphatic rings. The molecule has 1 aliphatic carbocycles. The SMILES string of the molecule is Cc1cc(C)c(NC(=O)Nc2cc(-c3ccc4c(c3)OCO4)ccc2C(=O)NC(C)C2CCCCC2)c(C)c1. The average Bonchev–Trinajstić information content (AvgIpc) is 3.39. The van der Waals surface area contributed by atoms with Crippen LogP contribution in [-0.4, -0.2) is 24.8 Å². The van der Waals surface area contributed by atoms with Gasteiger partial charge in [-0.2, -0.15) is 0 Å². The molecule has 1 aliphatic heterocycles. The summed E-state index contributed by atoms with van der Waals surface area (Å²) in [5.41, 5.74) is 6.49. The van der Waals surface area contributed by atoms with E-state index >= 15 is 0 Å². The lowest BCUT2D eigenvalue weighted by Gasteiger charge is -2.28. The number of benzene rings is 3. The number of fused-ring (bicyclic) bond motifs is 1. The van der Waals surface area contributed by atoms with Crippen LogP contribution >= 0.6 is 0 Å². The standard InChI is InChI=1S/C32H37N3O4/c1-19-14-20(2)30(21(3)15-19)35-32(37)34-27-16-24(25-11-13-28-29(17-25)39-18-38-28)10-12-26(27)31(36)33-22(4)23-8-6-5-7-9-23/h10-17,22-23H,5-9,18H2,1-4H3,(H,33,36)(H2,34,35,37). The number of urea groups is 1. The van der Waals surface area contributed by atoms with Crippen molar-refractivity contribution >= 4 is 23.3 Å². The summed E-state index contributed by atoms with van der Waals surface area (Å²) in [4.78, 5) is 26.7. The van der Waals surface area contributed by atoms with Crippen molar-refractivity contribution in [3.8, 4) is 22.6 Å². The number of nitrogens with one attached hydrogen (secondary N) is 3. The lowest BCUT2D eigenvalue weighted by Crippen LogP contribution is -2.39. The van der Waals surface area contributed by atoms with E-state index in [9.17, 15) is 9.59 Å². The lowest BCUT2D eigenvalue weighted by molar-refractivity contribution is 0.0920. The minimum atomic E-state index is -0.401. The minimum Gasteiger partial charge on any atom is -0.454 e. The van der Waals surface area contributed by atoms with Crippen molar-refractivity contribution in [3.63, 3.8) is 0 Å². The Balaban J connectivity index is 1.42. The highest BCUT2D eigenvalue weighted by molar-refractivity contribution is 6.07. The molecule has 1 heterocycles. The Kier molecular flexibility index (Phi) is 7.77. The zero-order valence-corrected chi connectivity index (χ0v) is 23.1. The predicted molar refractivity (Wildman–Crippen MR) is 155 cm³/mol. The normalized spacial score (nSPS) is 15.5. The molecule has 0 bridgehead atoms. The molecule has 5 rings (SSSR count). The molecule has 3 aromatic carbocycles. The van der Waals surface area contributed by atoms with Crippen LogP contribution in [-0.2, 0) is 0 Å². The largest absolute Gasteiger partial charge is 0.454 e. The fourth-order valence-corrected chi connectivity index (χ4v) is 5.78. The molecule has 39 heavy (non-hydrogen) atoms. The maximum absolute atomic E-state index is 13.5. The Morgan fingerprint density at radius 2 is 1.49 bits per heavy atom. The molecule has 0 aromatic heterocycles. The Hall–Kier alpha value is -4.00. The third kappa shape index (κ3) is 6.03. The van der Waals surface area contributed by atoms with Crippen LogP contribution in [0.2, 0.25) is 0 Å². The summed E-state index contributed by atoms with van der Waals surface area (Å²) in [6.45, 7) is 8.26. The molecule has 1 saturated carbocycles. The number of carbonyl (C=O) groups excluding carboxylic acids is 2. The first-order chi connectivity index (χ1) is 18.8. The Morgan fingerprint density at radius 1 is 0.821 bits per heavy atom. The molecular weight excluding hydrogens is 490 g/mol. The second-order valence-electron chi connectivity index (χ2n) is 10.8. The fourth-order valence-electron chi connectivity index (χ4n) is 5.78. The number of rotatable bonds is 6. The second kappa shape index (κ2) is 11.4. The van der Waals surface area contributed by atoms with Gasteiger partial charge in [-0.05, 0) is 93.0 Å². The first-order valence-electron chi connectivity index (χ1n) is 13.8. The highest BCUT2D eigenvalue weighted by Crippen LogP contribution is 2.37. The quantitative estimate of drug-likeness (QED) is 0.313. The van der Waals surface area contributed by atoms with E-state index in [-0.39, 0.29) is 18.7 Å². The van der Waals surface area contributed by atoms with Crippen LogP contribution in [0.4, 0.5) is 16.2 Å². The van der Waals surface area contributed by atoms with Gasteiger partial charge in [0, 0.05) is 11.7 Å². The monoisotopic (exact) mass is 527 g/mol. The van der Waals surface area contributed by atoms with Gasteiger partial charge in [0.2, 0.25) is 6.79 Å². The van der Waals surface area contributed by atoms with Gasteiger partial charge in [0.25, 0.3) is 5.91 Å². The summed E-state index contributed by atoms with van der Waals surface area (Å²) in [7, 11) is 0. The highest BCUT2D eigenvalue weighted by Gasteiger charge is 2.24. The summed E-state index contributed by atoms with van der Waals surface area (Å²) in [6, 6.07) is 15.0. The van der Waals surface area contributed by atoms with Crippen molar-refractivity contribution in [3.05, 3.63) is 70.8 Å². The van der Waals surface area contributed by atoms with Crippen molar-refractivity contribution in [1.29, 1.82) is 0 Å².